The first-order valence-electron chi connectivity index (χ1n) is 9.45. The Morgan fingerprint density at radius 2 is 1.78 bits per heavy atom. The van der Waals surface area contributed by atoms with E-state index in [1.54, 1.807) is 0 Å². The van der Waals surface area contributed by atoms with Crippen LogP contribution in [0.1, 0.15) is 24.5 Å². The summed E-state index contributed by atoms with van der Waals surface area (Å²) in [6, 6.07) is 7.14. The highest BCUT2D eigenvalue weighted by Gasteiger charge is 2.38. The first-order valence-corrected chi connectivity index (χ1v) is 12.5. The number of thiophene rings is 1. The van der Waals surface area contributed by atoms with Gasteiger partial charge < -0.3 is 10.0 Å². The molecule has 0 atom stereocenters. The molecule has 0 saturated heterocycles. The van der Waals surface area contributed by atoms with Gasteiger partial charge in [-0.05, 0) is 55.1 Å². The summed E-state index contributed by atoms with van der Waals surface area (Å²) in [6.07, 6.45) is -2.02. The average molecular weight is 533 g/mol. The molecule has 0 aliphatic carbocycles. The predicted molar refractivity (Wildman–Crippen MR) is 119 cm³/mol. The molecule has 1 aromatic heterocycles. The Kier molecular flexibility index (Phi) is 9.24. The molecule has 1 aliphatic rings. The van der Waals surface area contributed by atoms with Crippen molar-refractivity contribution >= 4 is 56.2 Å². The molecule has 2 heterocycles. The third kappa shape index (κ3) is 7.51. The number of rotatable bonds is 5. The fraction of sp³-hybridized carbons (Fsp3) is 0.421. The number of fused-ring (bicyclic) bond motifs is 1. The molecule has 0 radical (unpaired) electrons. The third-order valence-corrected chi connectivity index (χ3v) is 7.68. The summed E-state index contributed by atoms with van der Waals surface area (Å²) >= 11 is 12.9. The molecule has 2 N–H and O–H groups in total. The third-order valence-electron chi connectivity index (χ3n) is 4.55. The first kappa shape index (κ1) is 26.7. The van der Waals surface area contributed by atoms with Crippen LogP contribution < -0.4 is 4.72 Å². The summed E-state index contributed by atoms with van der Waals surface area (Å²) in [5.74, 6) is -2.76. The summed E-state index contributed by atoms with van der Waals surface area (Å²) in [6.45, 7) is 5.34. The van der Waals surface area contributed by atoms with Crippen LogP contribution in [0.25, 0.3) is 0 Å². The van der Waals surface area contributed by atoms with Gasteiger partial charge in [0.25, 0.3) is 10.0 Å². The number of carboxylic acid groups (broad SMARTS) is 1. The van der Waals surface area contributed by atoms with Crippen LogP contribution in [0.3, 0.4) is 0 Å². The molecule has 0 fully saturated rings. The van der Waals surface area contributed by atoms with Crippen molar-refractivity contribution in [2.45, 2.75) is 37.3 Å². The molecule has 6 nitrogen and oxygen atoms in total. The van der Waals surface area contributed by atoms with Gasteiger partial charge in [-0.1, -0.05) is 36.2 Å². The van der Waals surface area contributed by atoms with Crippen LogP contribution in [0.15, 0.2) is 29.2 Å². The van der Waals surface area contributed by atoms with Gasteiger partial charge in [0.05, 0.1) is 4.34 Å². The summed E-state index contributed by atoms with van der Waals surface area (Å²) in [5.41, 5.74) is 3.05. The number of aliphatic carboxylic acids is 1. The summed E-state index contributed by atoms with van der Waals surface area (Å²) < 4.78 is 60.0. The molecule has 0 amide bonds. The topological polar surface area (TPSA) is 86.7 Å². The van der Waals surface area contributed by atoms with E-state index in [2.05, 4.69) is 16.5 Å². The lowest BCUT2D eigenvalue weighted by Gasteiger charge is -2.18. The minimum absolute atomic E-state index is 0.0215. The number of nitrogens with zero attached hydrogens (tertiary/aromatic N) is 1. The molecule has 13 heteroatoms. The maximum Gasteiger partial charge on any atom is 0.490 e. The van der Waals surface area contributed by atoms with Gasteiger partial charge in [-0.2, -0.15) is 13.2 Å². The second kappa shape index (κ2) is 11.1. The second-order valence-corrected chi connectivity index (χ2v) is 10.9. The van der Waals surface area contributed by atoms with E-state index in [9.17, 15) is 21.6 Å². The predicted octanol–water partition coefficient (Wildman–Crippen LogP) is 5.30. The highest BCUT2D eigenvalue weighted by atomic mass is 35.5. The van der Waals surface area contributed by atoms with E-state index in [1.165, 1.54) is 17.2 Å². The fourth-order valence-corrected chi connectivity index (χ4v) is 6.29. The number of nitrogens with one attached hydrogen (secondary N) is 1. The standard InChI is InChI=1S/C17H20Cl2N2O2S2.C2HF3O2/c1-2-7-21-8-5-12-3-4-14(10-13(12)6-9-21)20-25(22,23)15-11-16(18)24-17(15)19;3-2(4,5)1(6)7/h3-4,10-11,20H,2,5-9H2,1H3;(H,6,7). The average Bonchev–Trinajstić information content (AvgIpc) is 2.91. The van der Waals surface area contributed by atoms with Gasteiger partial charge in [-0.3, -0.25) is 4.72 Å². The zero-order valence-corrected chi connectivity index (χ0v) is 20.0. The largest absolute Gasteiger partial charge is 0.490 e. The van der Waals surface area contributed by atoms with Crippen molar-refractivity contribution in [1.82, 2.24) is 4.90 Å². The molecule has 32 heavy (non-hydrogen) atoms. The molecule has 1 aliphatic heterocycles. The Labute approximate surface area is 198 Å². The van der Waals surface area contributed by atoms with Crippen molar-refractivity contribution in [3.05, 3.63) is 44.1 Å². The number of halogens is 5. The second-order valence-electron chi connectivity index (χ2n) is 6.92. The van der Waals surface area contributed by atoms with Gasteiger partial charge in [0, 0.05) is 18.8 Å². The fourth-order valence-electron chi connectivity index (χ4n) is 3.09. The molecule has 178 valence electrons. The first-order chi connectivity index (χ1) is 14.8. The van der Waals surface area contributed by atoms with Gasteiger partial charge in [0.2, 0.25) is 0 Å². The van der Waals surface area contributed by atoms with Crippen LogP contribution in [0.2, 0.25) is 8.67 Å². The van der Waals surface area contributed by atoms with Crippen molar-refractivity contribution in [3.63, 3.8) is 0 Å². The summed E-state index contributed by atoms with van der Waals surface area (Å²) in [5, 5.41) is 7.12. The SMILES string of the molecule is CCCN1CCc2ccc(NS(=O)(=O)c3cc(Cl)sc3Cl)cc2CC1.O=C(O)C(F)(F)F. The number of carbonyl (C=O) groups is 1. The van der Waals surface area contributed by atoms with E-state index in [0.717, 1.165) is 50.2 Å². The number of sulfonamides is 1. The van der Waals surface area contributed by atoms with E-state index in [4.69, 9.17) is 33.1 Å². The van der Waals surface area contributed by atoms with Crippen LogP contribution in [0.4, 0.5) is 18.9 Å². The molecular formula is C19H21Cl2F3N2O4S2. The van der Waals surface area contributed by atoms with Crippen molar-refractivity contribution in [3.8, 4) is 0 Å². The highest BCUT2D eigenvalue weighted by molar-refractivity contribution is 7.93. The number of hydrogen-bond donors (Lipinski definition) is 2. The van der Waals surface area contributed by atoms with Gasteiger partial charge >= 0.3 is 12.1 Å². The molecule has 0 bridgehead atoms. The lowest BCUT2D eigenvalue weighted by molar-refractivity contribution is -0.192. The Bertz CT molecular complexity index is 1060. The molecule has 3 rings (SSSR count). The maximum absolute atomic E-state index is 12.6. The van der Waals surface area contributed by atoms with Crippen LogP contribution in [-0.2, 0) is 27.7 Å². The van der Waals surface area contributed by atoms with E-state index in [0.29, 0.717) is 10.0 Å². The van der Waals surface area contributed by atoms with Gasteiger partial charge in [-0.15, -0.1) is 11.3 Å². The van der Waals surface area contributed by atoms with Crippen LogP contribution in [-0.4, -0.2) is 50.2 Å². The number of carboxylic acids is 1. The van der Waals surface area contributed by atoms with Crippen molar-refractivity contribution in [2.24, 2.45) is 0 Å². The smallest absolute Gasteiger partial charge is 0.475 e. The monoisotopic (exact) mass is 532 g/mol. The van der Waals surface area contributed by atoms with Gasteiger partial charge in [-0.25, -0.2) is 13.2 Å². The Hall–Kier alpha value is -1.53. The Morgan fingerprint density at radius 3 is 2.28 bits per heavy atom. The van der Waals surface area contributed by atoms with Gasteiger partial charge in [0.15, 0.2) is 0 Å². The molecule has 0 saturated carbocycles. The lowest BCUT2D eigenvalue weighted by atomic mass is 10.0. The molecular weight excluding hydrogens is 512 g/mol. The number of anilines is 1. The summed E-state index contributed by atoms with van der Waals surface area (Å²) in [7, 11) is -3.74. The molecule has 1 aromatic carbocycles. The van der Waals surface area contributed by atoms with E-state index in [1.807, 2.05) is 18.2 Å². The minimum Gasteiger partial charge on any atom is -0.475 e. The lowest BCUT2D eigenvalue weighted by Crippen LogP contribution is -2.27. The zero-order valence-electron chi connectivity index (χ0n) is 16.9. The molecule has 0 unspecified atom stereocenters. The van der Waals surface area contributed by atoms with Crippen molar-refractivity contribution in [1.29, 1.82) is 0 Å². The number of benzene rings is 1. The summed E-state index contributed by atoms with van der Waals surface area (Å²) in [4.78, 5) is 11.4. The quantitative estimate of drug-likeness (QED) is 0.545. The Morgan fingerprint density at radius 1 is 1.19 bits per heavy atom. The van der Waals surface area contributed by atoms with Crippen molar-refractivity contribution in [2.75, 3.05) is 24.4 Å². The van der Waals surface area contributed by atoms with Crippen LogP contribution in [0.5, 0.6) is 0 Å². The normalized spacial score (nSPS) is 14.7. The van der Waals surface area contributed by atoms with Gasteiger partial charge in [0.1, 0.15) is 9.23 Å². The van der Waals surface area contributed by atoms with E-state index < -0.39 is 22.2 Å². The molecule has 2 aromatic rings. The maximum atomic E-state index is 12.6. The number of alkyl halides is 3. The highest BCUT2D eigenvalue weighted by Crippen LogP contribution is 2.35. The van der Waals surface area contributed by atoms with Crippen LogP contribution in [0, 0.1) is 0 Å². The van der Waals surface area contributed by atoms with E-state index >= 15 is 0 Å². The molecule has 0 spiro atoms. The van der Waals surface area contributed by atoms with Crippen LogP contribution >= 0.6 is 34.5 Å². The minimum atomic E-state index is -5.08. The van der Waals surface area contributed by atoms with E-state index in [-0.39, 0.29) is 9.23 Å². The zero-order chi connectivity index (χ0) is 24.1. The Balaban J connectivity index is 0.000000451. The van der Waals surface area contributed by atoms with Crippen molar-refractivity contribution < 1.29 is 31.5 Å². The number of hydrogen-bond acceptors (Lipinski definition) is 5.